The Kier molecular flexibility index (Phi) is 12.8. The molecule has 1 unspecified atom stereocenters. The van der Waals surface area contributed by atoms with Crippen LogP contribution < -0.4 is 0 Å². The number of aryl methyl sites for hydroxylation is 2. The van der Waals surface area contributed by atoms with Crippen molar-refractivity contribution in [1.29, 1.82) is 0 Å². The van der Waals surface area contributed by atoms with Crippen molar-refractivity contribution in [2.45, 2.75) is 90.8 Å². The van der Waals surface area contributed by atoms with E-state index in [2.05, 4.69) is 29.7 Å². The Hall–Kier alpha value is -3.69. The van der Waals surface area contributed by atoms with Crippen molar-refractivity contribution in [2.75, 3.05) is 13.2 Å². The molecule has 1 saturated heterocycles. The number of ether oxygens (including phenoxy) is 4. The SMILES string of the molecule is Cc1cc(C)c(C(=O)OCC[Si](C)(C)C)c(/C=C/C[C@@H]2OC(C)(C)O[C@@H]2C(/C=C\[C@H](C)CN=[N+]=[N-])OC(=O)c2ccccc2)c1. The predicted molar refractivity (Wildman–Crippen MR) is 180 cm³/mol. The van der Waals surface area contributed by atoms with Crippen molar-refractivity contribution >= 4 is 26.1 Å². The average Bonchev–Trinajstić information content (AvgIpc) is 3.27. The minimum absolute atomic E-state index is 0.0824. The third-order valence-electron chi connectivity index (χ3n) is 7.33. The molecule has 1 aliphatic rings. The first-order chi connectivity index (χ1) is 21.2. The van der Waals surface area contributed by atoms with Crippen LogP contribution in [0.25, 0.3) is 16.5 Å². The fourth-order valence-electron chi connectivity index (χ4n) is 5.09. The molecule has 0 radical (unpaired) electrons. The second-order valence-corrected chi connectivity index (χ2v) is 18.9. The predicted octanol–water partition coefficient (Wildman–Crippen LogP) is 8.45. The zero-order chi connectivity index (χ0) is 33.2. The molecule has 0 spiro atoms. The van der Waals surface area contributed by atoms with Crippen LogP contribution in [0.3, 0.4) is 0 Å². The molecule has 2 aromatic carbocycles. The summed E-state index contributed by atoms with van der Waals surface area (Å²) in [6.07, 6.45) is 6.10. The topological polar surface area (TPSA) is 120 Å². The molecule has 3 rings (SSSR count). The van der Waals surface area contributed by atoms with E-state index in [0.717, 1.165) is 22.7 Å². The Morgan fingerprint density at radius 3 is 2.47 bits per heavy atom. The van der Waals surface area contributed by atoms with E-state index in [0.29, 0.717) is 24.2 Å². The van der Waals surface area contributed by atoms with Gasteiger partial charge in [-0.15, -0.1) is 0 Å². The molecule has 45 heavy (non-hydrogen) atoms. The van der Waals surface area contributed by atoms with Crippen LogP contribution in [0.5, 0.6) is 0 Å². The summed E-state index contributed by atoms with van der Waals surface area (Å²) >= 11 is 0. The molecule has 2 aromatic rings. The molecular weight excluding hydrogens is 586 g/mol. The molecule has 242 valence electrons. The van der Waals surface area contributed by atoms with Crippen molar-refractivity contribution in [2.24, 2.45) is 11.0 Å². The zero-order valence-electron chi connectivity index (χ0n) is 27.8. The Morgan fingerprint density at radius 2 is 1.80 bits per heavy atom. The normalized spacial score (nSPS) is 19.3. The number of rotatable bonds is 14. The second-order valence-electron chi connectivity index (χ2n) is 13.3. The zero-order valence-corrected chi connectivity index (χ0v) is 28.8. The van der Waals surface area contributed by atoms with Crippen LogP contribution in [0, 0.1) is 19.8 Å². The maximum Gasteiger partial charge on any atom is 0.338 e. The summed E-state index contributed by atoms with van der Waals surface area (Å²) < 4.78 is 24.3. The lowest BCUT2D eigenvalue weighted by atomic mass is 9.97. The van der Waals surface area contributed by atoms with Crippen LogP contribution in [0.1, 0.15) is 64.6 Å². The van der Waals surface area contributed by atoms with Crippen molar-refractivity contribution in [3.63, 3.8) is 0 Å². The first kappa shape index (κ1) is 35.8. The van der Waals surface area contributed by atoms with Gasteiger partial charge in [0.1, 0.15) is 12.2 Å². The summed E-state index contributed by atoms with van der Waals surface area (Å²) in [5, 5.41) is 3.65. The number of hydrogen-bond donors (Lipinski definition) is 0. The van der Waals surface area contributed by atoms with Crippen LogP contribution in [0.2, 0.25) is 25.7 Å². The van der Waals surface area contributed by atoms with Crippen LogP contribution in [-0.4, -0.2) is 57.3 Å². The van der Waals surface area contributed by atoms with Crippen molar-refractivity contribution < 1.29 is 28.5 Å². The summed E-state index contributed by atoms with van der Waals surface area (Å²) in [7, 11) is -1.35. The van der Waals surface area contributed by atoms with E-state index < -0.39 is 38.1 Å². The van der Waals surface area contributed by atoms with Gasteiger partial charge in [0, 0.05) is 19.5 Å². The number of carbonyl (C=O) groups is 2. The molecule has 9 nitrogen and oxygen atoms in total. The van der Waals surface area contributed by atoms with E-state index in [1.165, 1.54) is 0 Å². The third kappa shape index (κ3) is 11.3. The van der Waals surface area contributed by atoms with Gasteiger partial charge in [-0.1, -0.05) is 85.8 Å². The monoisotopic (exact) mass is 633 g/mol. The molecular formula is C35H47N3O6Si. The molecule has 0 aliphatic carbocycles. The highest BCUT2D eigenvalue weighted by Crippen LogP contribution is 2.34. The van der Waals surface area contributed by atoms with E-state index in [1.54, 1.807) is 30.3 Å². The molecule has 1 aliphatic heterocycles. The van der Waals surface area contributed by atoms with Crippen molar-refractivity contribution in [3.8, 4) is 0 Å². The Morgan fingerprint density at radius 1 is 1.09 bits per heavy atom. The molecule has 10 heteroatoms. The fourth-order valence-corrected chi connectivity index (χ4v) is 5.81. The molecule has 1 heterocycles. The number of carbonyl (C=O) groups excluding carboxylic acids is 2. The molecule has 0 amide bonds. The number of nitrogens with zero attached hydrogens (tertiary/aromatic N) is 3. The van der Waals surface area contributed by atoms with Gasteiger partial charge in [-0.25, -0.2) is 9.59 Å². The Labute approximate surface area is 268 Å². The molecule has 0 N–H and O–H groups in total. The fraction of sp³-hybridized carbons (Fsp3) is 0.486. The summed E-state index contributed by atoms with van der Waals surface area (Å²) in [5.41, 5.74) is 12.4. The van der Waals surface area contributed by atoms with Crippen molar-refractivity contribution in [1.82, 2.24) is 0 Å². The van der Waals surface area contributed by atoms with E-state index in [4.69, 9.17) is 24.5 Å². The van der Waals surface area contributed by atoms with Crippen LogP contribution in [0.4, 0.5) is 0 Å². The molecule has 0 aromatic heterocycles. The van der Waals surface area contributed by atoms with Gasteiger partial charge in [-0.05, 0) is 80.9 Å². The lowest BCUT2D eigenvalue weighted by Crippen LogP contribution is -2.37. The van der Waals surface area contributed by atoms with E-state index in [9.17, 15) is 9.59 Å². The van der Waals surface area contributed by atoms with Crippen LogP contribution >= 0.6 is 0 Å². The van der Waals surface area contributed by atoms with Gasteiger partial charge in [0.2, 0.25) is 0 Å². The standard InChI is InChI=1S/C35H47N3O6Si/c1-24(23-37-38-36)17-18-29(42-33(39)27-13-10-9-11-14-27)32-30(43-35(4,5)44-32)16-12-15-28-22-25(2)21-26(3)31(28)34(40)41-19-20-45(6,7)8/h9-15,17-18,21-22,24,29-30,32H,16,19-20,23H2,1-8H3/b15-12+,18-17-/t24-,29?,30-,32+/m0/s1. The quantitative estimate of drug-likeness (QED) is 0.0514. The average molecular weight is 634 g/mol. The third-order valence-corrected chi connectivity index (χ3v) is 9.03. The number of azide groups is 1. The van der Waals surface area contributed by atoms with E-state index in [1.807, 2.05) is 71.0 Å². The van der Waals surface area contributed by atoms with Gasteiger partial charge in [0.25, 0.3) is 0 Å². The Bertz CT molecular complexity index is 1430. The summed E-state index contributed by atoms with van der Waals surface area (Å²) in [6.45, 7) is 16.9. The number of hydrogen-bond acceptors (Lipinski definition) is 7. The highest BCUT2D eigenvalue weighted by Gasteiger charge is 2.45. The highest BCUT2D eigenvalue weighted by atomic mass is 28.3. The van der Waals surface area contributed by atoms with Gasteiger partial charge in [0.05, 0.1) is 23.8 Å². The largest absolute Gasteiger partial charge is 0.462 e. The maximum atomic E-state index is 13.2. The molecule has 4 atom stereocenters. The first-order valence-corrected chi connectivity index (χ1v) is 19.2. The van der Waals surface area contributed by atoms with E-state index >= 15 is 0 Å². The van der Waals surface area contributed by atoms with Crippen molar-refractivity contribution in [3.05, 3.63) is 99.0 Å². The smallest absolute Gasteiger partial charge is 0.338 e. The van der Waals surface area contributed by atoms with Gasteiger partial charge in [-0.3, -0.25) is 0 Å². The minimum atomic E-state index is -1.35. The van der Waals surface area contributed by atoms with E-state index in [-0.39, 0.29) is 18.4 Å². The molecule has 0 saturated carbocycles. The summed E-state index contributed by atoms with van der Waals surface area (Å²) in [4.78, 5) is 29.1. The lowest BCUT2D eigenvalue weighted by Gasteiger charge is -2.24. The summed E-state index contributed by atoms with van der Waals surface area (Å²) in [6, 6.07) is 13.6. The van der Waals surface area contributed by atoms with Gasteiger partial charge in [-0.2, -0.15) is 0 Å². The minimum Gasteiger partial charge on any atom is -0.462 e. The molecule has 1 fully saturated rings. The Balaban J connectivity index is 1.86. The van der Waals surface area contributed by atoms with Gasteiger partial charge >= 0.3 is 11.9 Å². The summed E-state index contributed by atoms with van der Waals surface area (Å²) in [5.74, 6) is -1.81. The van der Waals surface area contributed by atoms with Crippen LogP contribution in [0.15, 0.2) is 65.8 Å². The first-order valence-electron chi connectivity index (χ1n) is 15.4. The van der Waals surface area contributed by atoms with Gasteiger partial charge < -0.3 is 18.9 Å². The maximum absolute atomic E-state index is 13.2. The molecule has 0 bridgehead atoms. The number of benzene rings is 2. The highest BCUT2D eigenvalue weighted by molar-refractivity contribution is 6.76. The lowest BCUT2D eigenvalue weighted by molar-refractivity contribution is -0.152. The number of esters is 2. The second kappa shape index (κ2) is 16.0. The van der Waals surface area contributed by atoms with Gasteiger partial charge in [0.15, 0.2) is 5.79 Å². The van der Waals surface area contributed by atoms with Crippen LogP contribution in [-0.2, 0) is 18.9 Å².